The summed E-state index contributed by atoms with van der Waals surface area (Å²) in [6.45, 7) is 6.01. The molecule has 0 fully saturated rings. The molecule has 2 nitrogen and oxygen atoms in total. The Morgan fingerprint density at radius 1 is 1.11 bits per heavy atom. The molecule has 7 heteroatoms. The van der Waals surface area contributed by atoms with E-state index in [4.69, 9.17) is 10.2 Å². The predicted molar refractivity (Wildman–Crippen MR) is 70.6 cm³/mol. The summed E-state index contributed by atoms with van der Waals surface area (Å²) in [4.78, 5) is 0. The lowest BCUT2D eigenvalue weighted by Gasteiger charge is -2.20. The van der Waals surface area contributed by atoms with Crippen molar-refractivity contribution in [2.75, 3.05) is 0 Å². The molecule has 0 bridgehead atoms. The van der Waals surface area contributed by atoms with Crippen LogP contribution in [0.5, 0.6) is 5.75 Å². The van der Waals surface area contributed by atoms with Gasteiger partial charge in [-0.05, 0) is 37.3 Å². The summed E-state index contributed by atoms with van der Waals surface area (Å²) in [6, 6.07) is 3.82. The average Bonchev–Trinajstić information content (AvgIpc) is 2.14. The van der Waals surface area contributed by atoms with E-state index in [2.05, 4.69) is 0 Å². The highest BCUT2D eigenvalue weighted by Crippen LogP contribution is 2.31. The van der Waals surface area contributed by atoms with Crippen molar-refractivity contribution < 1.29 is 17.6 Å². The molecule has 18 heavy (non-hydrogen) atoms. The first-order valence-corrected chi connectivity index (χ1v) is 8.62. The summed E-state index contributed by atoms with van der Waals surface area (Å²) in [5.74, 6) is 0.585. The Morgan fingerprint density at radius 3 is 1.89 bits per heavy atom. The number of rotatable bonds is 3. The van der Waals surface area contributed by atoms with Crippen molar-refractivity contribution in [2.24, 2.45) is 5.73 Å². The molecule has 1 aromatic rings. The largest absolute Gasteiger partial charge is 0.544 e. The van der Waals surface area contributed by atoms with Crippen LogP contribution < -0.4 is 10.2 Å². The van der Waals surface area contributed by atoms with Crippen molar-refractivity contribution in [3.63, 3.8) is 0 Å². The molecule has 1 rings (SSSR count). The predicted octanol–water partition coefficient (Wildman–Crippen LogP) is 3.88. The zero-order valence-corrected chi connectivity index (χ0v) is 12.2. The van der Waals surface area contributed by atoms with E-state index in [1.54, 1.807) is 0 Å². The first kappa shape index (κ1) is 17.3. The summed E-state index contributed by atoms with van der Waals surface area (Å²) in [6.07, 6.45) is -4.42. The maximum Gasteiger partial charge on any atom is 0.407 e. The van der Waals surface area contributed by atoms with E-state index in [-0.39, 0.29) is 18.0 Å². The van der Waals surface area contributed by atoms with E-state index in [0.717, 1.165) is 0 Å². The van der Waals surface area contributed by atoms with Crippen molar-refractivity contribution >= 4 is 20.7 Å². The molecule has 0 aliphatic heterocycles. The topological polar surface area (TPSA) is 35.2 Å². The van der Waals surface area contributed by atoms with Gasteiger partial charge in [-0.3, -0.25) is 0 Å². The van der Waals surface area contributed by atoms with E-state index in [1.807, 2.05) is 19.6 Å². The van der Waals surface area contributed by atoms with Gasteiger partial charge in [0.2, 0.25) is 8.32 Å². The molecule has 104 valence electrons. The molecule has 0 radical (unpaired) electrons. The van der Waals surface area contributed by atoms with Crippen LogP contribution in [-0.4, -0.2) is 14.5 Å². The number of hydrogen-bond acceptors (Lipinski definition) is 2. The molecule has 0 saturated heterocycles. The van der Waals surface area contributed by atoms with Crippen molar-refractivity contribution in [3.05, 3.63) is 29.8 Å². The molecule has 0 aliphatic carbocycles. The van der Waals surface area contributed by atoms with Gasteiger partial charge in [0, 0.05) is 0 Å². The highest BCUT2D eigenvalue weighted by Gasteiger charge is 2.37. The normalized spacial score (nSPS) is 13.7. The van der Waals surface area contributed by atoms with Gasteiger partial charge in [0.1, 0.15) is 11.8 Å². The summed E-state index contributed by atoms with van der Waals surface area (Å²) in [5, 5.41) is 0. The van der Waals surface area contributed by atoms with Crippen molar-refractivity contribution in [3.8, 4) is 5.75 Å². The fraction of sp³-hybridized carbons (Fsp3) is 0.455. The second-order valence-electron chi connectivity index (χ2n) is 4.80. The minimum atomic E-state index is -4.42. The molecular weight excluding hydrogens is 283 g/mol. The smallest absolute Gasteiger partial charge is 0.407 e. The standard InChI is InChI=1S/C11H16F3NOSi.ClH/c1-17(2,3)16-9-6-4-8(5-7-9)10(15)11(12,13)14;/h4-7,10H,15H2,1-3H3;1H/t10-;/m1./s1. The molecule has 1 atom stereocenters. The quantitative estimate of drug-likeness (QED) is 0.860. The molecule has 0 aliphatic rings. The lowest BCUT2D eigenvalue weighted by atomic mass is 10.1. The summed E-state index contributed by atoms with van der Waals surface area (Å²) in [5.41, 5.74) is 5.13. The highest BCUT2D eigenvalue weighted by atomic mass is 35.5. The third-order valence-corrected chi connectivity index (χ3v) is 2.86. The maximum absolute atomic E-state index is 12.4. The van der Waals surface area contributed by atoms with Crippen molar-refractivity contribution in [1.29, 1.82) is 0 Å². The molecule has 0 unspecified atom stereocenters. The van der Waals surface area contributed by atoms with Crippen LogP contribution in [0.2, 0.25) is 19.6 Å². The lowest BCUT2D eigenvalue weighted by Crippen LogP contribution is -2.30. The number of hydrogen-bond donors (Lipinski definition) is 1. The Bertz CT molecular complexity index is 375. The van der Waals surface area contributed by atoms with Crippen LogP contribution in [0.4, 0.5) is 13.2 Å². The Balaban J connectivity index is 0.00000289. The summed E-state index contributed by atoms with van der Waals surface area (Å²) >= 11 is 0. The van der Waals surface area contributed by atoms with E-state index < -0.39 is 20.5 Å². The van der Waals surface area contributed by atoms with Gasteiger partial charge in [-0.1, -0.05) is 12.1 Å². The van der Waals surface area contributed by atoms with Gasteiger partial charge in [0.25, 0.3) is 0 Å². The number of halogens is 4. The fourth-order valence-corrected chi connectivity index (χ4v) is 2.13. The first-order valence-electron chi connectivity index (χ1n) is 5.21. The molecule has 0 amide bonds. The minimum absolute atomic E-state index is 0. The second kappa shape index (κ2) is 5.95. The fourth-order valence-electron chi connectivity index (χ4n) is 1.29. The van der Waals surface area contributed by atoms with Gasteiger partial charge in [-0.25, -0.2) is 0 Å². The van der Waals surface area contributed by atoms with Crippen LogP contribution in [0.1, 0.15) is 11.6 Å². The Hall–Kier alpha value is -0.723. The molecular formula is C11H17ClF3NOSi. The monoisotopic (exact) mass is 299 g/mol. The summed E-state index contributed by atoms with van der Waals surface area (Å²) in [7, 11) is -1.73. The molecule has 1 aromatic carbocycles. The van der Waals surface area contributed by atoms with Gasteiger partial charge < -0.3 is 10.2 Å². The van der Waals surface area contributed by atoms with Crippen LogP contribution in [0.25, 0.3) is 0 Å². The zero-order valence-electron chi connectivity index (χ0n) is 10.4. The van der Waals surface area contributed by atoms with Gasteiger partial charge in [-0.15, -0.1) is 12.4 Å². The van der Waals surface area contributed by atoms with E-state index in [9.17, 15) is 13.2 Å². The molecule has 0 spiro atoms. The Labute approximate surface area is 112 Å². The highest BCUT2D eigenvalue weighted by molar-refractivity contribution is 6.70. The van der Waals surface area contributed by atoms with Gasteiger partial charge in [0.05, 0.1) is 0 Å². The van der Waals surface area contributed by atoms with Crippen LogP contribution in [-0.2, 0) is 0 Å². The van der Waals surface area contributed by atoms with Crippen molar-refractivity contribution in [1.82, 2.24) is 0 Å². The van der Waals surface area contributed by atoms with E-state index in [1.165, 1.54) is 24.3 Å². The van der Waals surface area contributed by atoms with Crippen LogP contribution in [0, 0.1) is 0 Å². The summed E-state index contributed by atoms with van der Waals surface area (Å²) < 4.78 is 42.7. The van der Waals surface area contributed by atoms with Crippen molar-refractivity contribution in [2.45, 2.75) is 31.9 Å². The van der Waals surface area contributed by atoms with Crippen LogP contribution >= 0.6 is 12.4 Å². The van der Waals surface area contributed by atoms with E-state index >= 15 is 0 Å². The molecule has 0 heterocycles. The van der Waals surface area contributed by atoms with Gasteiger partial charge in [0.15, 0.2) is 0 Å². The number of benzene rings is 1. The molecule has 0 saturated carbocycles. The minimum Gasteiger partial charge on any atom is -0.544 e. The zero-order chi connectivity index (χ0) is 13.3. The third-order valence-electron chi connectivity index (χ3n) is 2.02. The number of alkyl halides is 3. The second-order valence-corrected chi connectivity index (χ2v) is 9.23. The van der Waals surface area contributed by atoms with Gasteiger partial charge >= 0.3 is 6.18 Å². The van der Waals surface area contributed by atoms with Crippen LogP contribution in [0.3, 0.4) is 0 Å². The SMILES string of the molecule is C[Si](C)(C)Oc1ccc([C@@H](N)C(F)(F)F)cc1.Cl. The lowest BCUT2D eigenvalue weighted by molar-refractivity contribution is -0.149. The number of nitrogens with two attached hydrogens (primary N) is 1. The first-order chi connectivity index (χ1) is 7.59. The Morgan fingerprint density at radius 2 is 1.56 bits per heavy atom. The van der Waals surface area contributed by atoms with E-state index in [0.29, 0.717) is 5.75 Å². The average molecular weight is 300 g/mol. The van der Waals surface area contributed by atoms with Crippen LogP contribution in [0.15, 0.2) is 24.3 Å². The molecule has 0 aromatic heterocycles. The van der Waals surface area contributed by atoms with Gasteiger partial charge in [-0.2, -0.15) is 13.2 Å². The maximum atomic E-state index is 12.4. The molecule has 2 N–H and O–H groups in total. The third kappa shape index (κ3) is 5.28. The Kier molecular flexibility index (Phi) is 5.71.